The molecule has 8 aromatic rings. The normalized spacial score (nSPS) is 11.5. The zero-order valence-corrected chi connectivity index (χ0v) is 28.4. The van der Waals surface area contributed by atoms with E-state index in [9.17, 15) is 9.90 Å². The first kappa shape index (κ1) is 32.3. The topological polar surface area (TPSA) is 108 Å². The Morgan fingerprint density at radius 2 is 1.31 bits per heavy atom. The minimum atomic E-state index is -1.03. The van der Waals surface area contributed by atoms with Crippen LogP contribution in [0.1, 0.15) is 39.5 Å². The van der Waals surface area contributed by atoms with E-state index >= 15 is 0 Å². The first-order valence-electron chi connectivity index (χ1n) is 17.1. The van der Waals surface area contributed by atoms with Crippen molar-refractivity contribution in [1.82, 2.24) is 29.8 Å². The molecule has 0 radical (unpaired) electrons. The van der Waals surface area contributed by atoms with E-state index in [-0.39, 0.29) is 5.56 Å². The van der Waals surface area contributed by atoms with Crippen LogP contribution < -0.4 is 4.74 Å². The summed E-state index contributed by atoms with van der Waals surface area (Å²) in [4.78, 5) is 17.0. The second kappa shape index (κ2) is 13.8. The van der Waals surface area contributed by atoms with Crippen LogP contribution >= 0.6 is 0 Å². The van der Waals surface area contributed by atoms with Crippen molar-refractivity contribution in [2.75, 3.05) is 6.61 Å². The number of aromatic carboxylic acids is 1. The molecule has 0 atom stereocenters. The molecule has 2 aromatic heterocycles. The SMILES string of the molecule is CCOc1nc2cccc(C(=O)O)c2n1Cc1ccc(-c2ccccc2)c(-c2nnnn2C(c2ccccc2)(c2ccccc2)c2ccccc2)c1. The molecule has 0 fully saturated rings. The predicted octanol–water partition coefficient (Wildman–Crippen LogP) is 8.34. The lowest BCUT2D eigenvalue weighted by Crippen LogP contribution is -2.39. The minimum absolute atomic E-state index is 0.152. The summed E-state index contributed by atoms with van der Waals surface area (Å²) in [5.74, 6) is -0.475. The van der Waals surface area contributed by atoms with E-state index in [1.54, 1.807) is 18.2 Å². The van der Waals surface area contributed by atoms with Gasteiger partial charge in [0.15, 0.2) is 5.82 Å². The van der Waals surface area contributed by atoms with E-state index in [1.165, 1.54) is 0 Å². The molecule has 6 aromatic carbocycles. The Morgan fingerprint density at radius 1 is 0.712 bits per heavy atom. The van der Waals surface area contributed by atoms with Gasteiger partial charge in [0.2, 0.25) is 0 Å². The second-order valence-corrected chi connectivity index (χ2v) is 12.4. The number of carboxylic acids is 1. The third-order valence-corrected chi connectivity index (χ3v) is 9.35. The Kier molecular flexibility index (Phi) is 8.58. The van der Waals surface area contributed by atoms with E-state index in [2.05, 4.69) is 70.9 Å². The standard InChI is InChI=1S/C43H34N6O3/c1-2-52-42-44-38-25-15-24-36(41(50)51)39(38)48(42)29-30-26-27-35(31-16-7-3-8-17-31)37(28-30)40-45-46-47-49(40)43(32-18-9-4-10-19-32,33-20-11-5-12-21-33)34-22-13-6-14-23-34/h3-28H,2,29H2,1H3,(H,50,51). The predicted molar refractivity (Wildman–Crippen MR) is 200 cm³/mol. The summed E-state index contributed by atoms with van der Waals surface area (Å²) in [6, 6.07) is 52.7. The maximum atomic E-state index is 12.4. The minimum Gasteiger partial charge on any atom is -0.478 e. The van der Waals surface area contributed by atoms with Crippen molar-refractivity contribution < 1.29 is 14.6 Å². The van der Waals surface area contributed by atoms with E-state index < -0.39 is 11.5 Å². The number of fused-ring (bicyclic) bond motifs is 1. The summed E-state index contributed by atoms with van der Waals surface area (Å²) in [6.07, 6.45) is 0. The van der Waals surface area contributed by atoms with Gasteiger partial charge in [0.1, 0.15) is 5.54 Å². The Bertz CT molecular complexity index is 2380. The fourth-order valence-electron chi connectivity index (χ4n) is 7.14. The number of ether oxygens (including phenoxy) is 1. The molecule has 0 unspecified atom stereocenters. The molecular formula is C43H34N6O3. The van der Waals surface area contributed by atoms with Crippen molar-refractivity contribution in [2.24, 2.45) is 0 Å². The quantitative estimate of drug-likeness (QED) is 0.137. The van der Waals surface area contributed by atoms with E-state index in [4.69, 9.17) is 15.0 Å². The number of hydrogen-bond acceptors (Lipinski definition) is 6. The number of tetrazole rings is 1. The summed E-state index contributed by atoms with van der Waals surface area (Å²) in [5, 5.41) is 24.0. The average Bonchev–Trinajstić information content (AvgIpc) is 3.82. The summed E-state index contributed by atoms with van der Waals surface area (Å²) in [5.41, 5.74) is 6.85. The lowest BCUT2D eigenvalue weighted by Gasteiger charge is -2.36. The van der Waals surface area contributed by atoms with Crippen molar-refractivity contribution in [2.45, 2.75) is 19.0 Å². The zero-order chi connectivity index (χ0) is 35.5. The summed E-state index contributed by atoms with van der Waals surface area (Å²) >= 11 is 0. The van der Waals surface area contributed by atoms with Gasteiger partial charge in [-0.15, -0.1) is 5.10 Å². The highest BCUT2D eigenvalue weighted by atomic mass is 16.5. The summed E-state index contributed by atoms with van der Waals surface area (Å²) in [6.45, 7) is 2.55. The first-order valence-corrected chi connectivity index (χ1v) is 17.1. The fourth-order valence-corrected chi connectivity index (χ4v) is 7.14. The van der Waals surface area contributed by atoms with Gasteiger partial charge in [-0.2, -0.15) is 4.98 Å². The molecule has 0 aliphatic heterocycles. The lowest BCUT2D eigenvalue weighted by molar-refractivity contribution is 0.0698. The van der Waals surface area contributed by atoms with Crippen LogP contribution in [-0.4, -0.2) is 47.4 Å². The number of rotatable bonds is 11. The summed E-state index contributed by atoms with van der Waals surface area (Å²) in [7, 11) is 0. The van der Waals surface area contributed by atoms with Crippen LogP contribution in [0.2, 0.25) is 0 Å². The van der Waals surface area contributed by atoms with Crippen LogP contribution in [0.4, 0.5) is 0 Å². The Balaban J connectivity index is 1.39. The highest BCUT2D eigenvalue weighted by molar-refractivity contribution is 6.01. The number of imidazole rings is 1. The molecule has 0 saturated heterocycles. The van der Waals surface area contributed by atoms with E-state index in [0.29, 0.717) is 36.0 Å². The third-order valence-electron chi connectivity index (χ3n) is 9.35. The van der Waals surface area contributed by atoms with Gasteiger partial charge in [0.05, 0.1) is 29.7 Å². The number of para-hydroxylation sites is 1. The van der Waals surface area contributed by atoms with Crippen molar-refractivity contribution in [1.29, 1.82) is 0 Å². The molecular weight excluding hydrogens is 649 g/mol. The average molecular weight is 683 g/mol. The molecule has 0 saturated carbocycles. The Hall–Kier alpha value is -6.87. The number of benzene rings is 6. The maximum absolute atomic E-state index is 12.4. The highest BCUT2D eigenvalue weighted by Crippen LogP contribution is 2.43. The van der Waals surface area contributed by atoms with Gasteiger partial charge in [-0.1, -0.05) is 140 Å². The smallest absolute Gasteiger partial charge is 0.337 e. The third kappa shape index (κ3) is 5.58. The van der Waals surface area contributed by atoms with Gasteiger partial charge in [-0.05, 0) is 68.9 Å². The molecule has 0 aliphatic rings. The van der Waals surface area contributed by atoms with Crippen LogP contribution in [0.25, 0.3) is 33.5 Å². The number of aromatic nitrogens is 6. The van der Waals surface area contributed by atoms with Crippen LogP contribution in [0.5, 0.6) is 6.01 Å². The molecule has 2 heterocycles. The molecule has 9 heteroatoms. The largest absolute Gasteiger partial charge is 0.478 e. The van der Waals surface area contributed by atoms with Gasteiger partial charge >= 0.3 is 5.97 Å². The van der Waals surface area contributed by atoms with Gasteiger partial charge in [0, 0.05) is 5.56 Å². The number of carbonyl (C=O) groups is 1. The molecule has 0 bridgehead atoms. The maximum Gasteiger partial charge on any atom is 0.337 e. The lowest BCUT2D eigenvalue weighted by atomic mass is 9.77. The Morgan fingerprint density at radius 3 is 1.88 bits per heavy atom. The first-order chi connectivity index (χ1) is 25.6. The number of nitrogens with zero attached hydrogens (tertiary/aromatic N) is 6. The molecule has 9 nitrogen and oxygen atoms in total. The van der Waals surface area contributed by atoms with Gasteiger partial charge < -0.3 is 9.84 Å². The van der Waals surface area contributed by atoms with Crippen LogP contribution in [0.15, 0.2) is 158 Å². The number of carboxylic acid groups (broad SMARTS) is 1. The molecule has 1 N–H and O–H groups in total. The Labute approximate surface area is 300 Å². The van der Waals surface area contributed by atoms with Crippen molar-refractivity contribution in [3.63, 3.8) is 0 Å². The molecule has 8 rings (SSSR count). The van der Waals surface area contributed by atoms with Gasteiger partial charge in [-0.25, -0.2) is 9.48 Å². The van der Waals surface area contributed by atoms with Crippen LogP contribution in [0.3, 0.4) is 0 Å². The molecule has 0 amide bonds. The summed E-state index contributed by atoms with van der Waals surface area (Å²) < 4.78 is 9.72. The fraction of sp³-hybridized carbons (Fsp3) is 0.0930. The van der Waals surface area contributed by atoms with Crippen LogP contribution in [-0.2, 0) is 12.1 Å². The number of hydrogen-bond donors (Lipinski definition) is 1. The van der Waals surface area contributed by atoms with Crippen molar-refractivity contribution in [3.05, 3.63) is 186 Å². The van der Waals surface area contributed by atoms with Crippen LogP contribution in [0, 0.1) is 0 Å². The monoisotopic (exact) mass is 682 g/mol. The molecule has 0 aliphatic carbocycles. The van der Waals surface area contributed by atoms with Crippen molar-refractivity contribution in [3.8, 4) is 28.5 Å². The molecule has 52 heavy (non-hydrogen) atoms. The highest BCUT2D eigenvalue weighted by Gasteiger charge is 2.42. The van der Waals surface area contributed by atoms with Gasteiger partial charge in [0.25, 0.3) is 6.01 Å². The van der Waals surface area contributed by atoms with Crippen molar-refractivity contribution >= 4 is 17.0 Å². The second-order valence-electron chi connectivity index (χ2n) is 12.4. The molecule has 254 valence electrons. The zero-order valence-electron chi connectivity index (χ0n) is 28.4. The van der Waals surface area contributed by atoms with E-state index in [0.717, 1.165) is 38.9 Å². The molecule has 0 spiro atoms. The van der Waals surface area contributed by atoms with Gasteiger partial charge in [-0.3, -0.25) is 4.57 Å². The van der Waals surface area contributed by atoms with E-state index in [1.807, 2.05) is 95.0 Å².